The summed E-state index contributed by atoms with van der Waals surface area (Å²) in [6, 6.07) is 2.90. The average Bonchev–Trinajstić information content (AvgIpc) is 2.46. The van der Waals surface area contributed by atoms with E-state index >= 15 is 0 Å². The molecule has 122 valence electrons. The molecule has 2 rings (SSSR count). The summed E-state index contributed by atoms with van der Waals surface area (Å²) >= 11 is 1.26. The van der Waals surface area contributed by atoms with Crippen LogP contribution >= 0.6 is 11.8 Å². The van der Waals surface area contributed by atoms with Gasteiger partial charge in [0.2, 0.25) is 5.43 Å². The fourth-order valence-corrected chi connectivity index (χ4v) is 3.14. The largest absolute Gasteiger partial charge is 0.348 e. The van der Waals surface area contributed by atoms with Crippen LogP contribution in [0.5, 0.6) is 0 Å². The Morgan fingerprint density at radius 3 is 2.57 bits per heavy atom. The molecule has 0 radical (unpaired) electrons. The van der Waals surface area contributed by atoms with Gasteiger partial charge < -0.3 is 4.98 Å². The van der Waals surface area contributed by atoms with Crippen molar-refractivity contribution in [2.75, 3.05) is 6.26 Å². The van der Waals surface area contributed by atoms with Gasteiger partial charge in [-0.3, -0.25) is 19.7 Å². The second-order valence-corrected chi connectivity index (χ2v) is 6.61. The summed E-state index contributed by atoms with van der Waals surface area (Å²) in [5.41, 5.74) is 0.310. The van der Waals surface area contributed by atoms with Crippen LogP contribution in [0.1, 0.15) is 36.2 Å². The maximum absolute atomic E-state index is 12.9. The Morgan fingerprint density at radius 1 is 1.39 bits per heavy atom. The number of ketones is 1. The van der Waals surface area contributed by atoms with Crippen LogP contribution in [-0.2, 0) is 0 Å². The number of hydrogen-bond donors (Lipinski definition) is 1. The standard InChI is InChI=1S/C16H18N2O4S/c1-8(2)7-11(19)13-15(20)12-10(18(21)22)6-5-9(3)14(12)17-16(13)23-4/h5-6,8H,7H2,1-4H3,(H,17,20). The third-order valence-electron chi connectivity index (χ3n) is 3.58. The van der Waals surface area contributed by atoms with Crippen molar-refractivity contribution in [3.05, 3.63) is 43.6 Å². The van der Waals surface area contributed by atoms with Crippen molar-refractivity contribution in [3.8, 4) is 0 Å². The molecule has 0 aliphatic rings. The molecule has 0 bridgehead atoms. The predicted octanol–water partition coefficient (Wildman–Crippen LogP) is 3.70. The van der Waals surface area contributed by atoms with E-state index in [1.165, 1.54) is 17.8 Å². The Bertz CT molecular complexity index is 855. The number of non-ortho nitro benzene ring substituents is 1. The Balaban J connectivity index is 2.91. The molecule has 6 nitrogen and oxygen atoms in total. The minimum absolute atomic E-state index is 0.0207. The number of Topliss-reactive ketones (excluding diaryl/α,β-unsaturated/α-hetero) is 1. The van der Waals surface area contributed by atoms with Gasteiger partial charge in [0.1, 0.15) is 5.39 Å². The van der Waals surface area contributed by atoms with Gasteiger partial charge in [0, 0.05) is 12.5 Å². The Labute approximate surface area is 137 Å². The minimum Gasteiger partial charge on any atom is -0.348 e. The molecule has 0 fully saturated rings. The van der Waals surface area contributed by atoms with E-state index in [1.54, 1.807) is 19.2 Å². The molecule has 1 aromatic carbocycles. The summed E-state index contributed by atoms with van der Waals surface area (Å²) < 4.78 is 0. The summed E-state index contributed by atoms with van der Waals surface area (Å²) in [6.45, 7) is 5.54. The summed E-state index contributed by atoms with van der Waals surface area (Å²) in [5.74, 6) is -0.192. The van der Waals surface area contributed by atoms with Crippen molar-refractivity contribution in [1.82, 2.24) is 4.98 Å². The highest BCUT2D eigenvalue weighted by Gasteiger charge is 2.25. The summed E-state index contributed by atoms with van der Waals surface area (Å²) in [4.78, 5) is 39.0. The van der Waals surface area contributed by atoms with Gasteiger partial charge in [0.05, 0.1) is 21.0 Å². The van der Waals surface area contributed by atoms with Crippen LogP contribution < -0.4 is 5.43 Å². The van der Waals surface area contributed by atoms with Gasteiger partial charge >= 0.3 is 0 Å². The van der Waals surface area contributed by atoms with Crippen LogP contribution in [-0.4, -0.2) is 21.9 Å². The number of aromatic nitrogens is 1. The number of nitro benzene ring substituents is 1. The van der Waals surface area contributed by atoms with Gasteiger partial charge in [-0.15, -0.1) is 11.8 Å². The van der Waals surface area contributed by atoms with Crippen molar-refractivity contribution in [1.29, 1.82) is 0 Å². The quantitative estimate of drug-likeness (QED) is 0.389. The van der Waals surface area contributed by atoms with Crippen LogP contribution in [0.4, 0.5) is 5.69 Å². The van der Waals surface area contributed by atoms with Gasteiger partial charge in [-0.25, -0.2) is 0 Å². The molecule has 23 heavy (non-hydrogen) atoms. The van der Waals surface area contributed by atoms with E-state index in [9.17, 15) is 19.7 Å². The van der Waals surface area contributed by atoms with E-state index in [4.69, 9.17) is 0 Å². The molecule has 0 saturated heterocycles. The van der Waals surface area contributed by atoms with E-state index in [1.807, 2.05) is 13.8 Å². The number of carbonyl (C=O) groups is 1. The highest BCUT2D eigenvalue weighted by Crippen LogP contribution is 2.28. The molecular formula is C16H18N2O4S. The van der Waals surface area contributed by atoms with Crippen molar-refractivity contribution in [2.45, 2.75) is 32.2 Å². The zero-order valence-electron chi connectivity index (χ0n) is 13.4. The number of fused-ring (bicyclic) bond motifs is 1. The lowest BCUT2D eigenvalue weighted by Gasteiger charge is -2.11. The van der Waals surface area contributed by atoms with Gasteiger partial charge in [0.25, 0.3) is 5.69 Å². The van der Waals surface area contributed by atoms with Crippen LogP contribution in [0.25, 0.3) is 10.9 Å². The fourth-order valence-electron chi connectivity index (χ4n) is 2.52. The maximum Gasteiger partial charge on any atom is 0.282 e. The van der Waals surface area contributed by atoms with Gasteiger partial charge in [-0.05, 0) is 24.7 Å². The van der Waals surface area contributed by atoms with Gasteiger partial charge in [0.15, 0.2) is 5.78 Å². The highest BCUT2D eigenvalue weighted by molar-refractivity contribution is 7.98. The van der Waals surface area contributed by atoms with Crippen LogP contribution in [0.15, 0.2) is 22.0 Å². The first-order valence-electron chi connectivity index (χ1n) is 7.19. The minimum atomic E-state index is -0.591. The Morgan fingerprint density at radius 2 is 2.04 bits per heavy atom. The monoisotopic (exact) mass is 334 g/mol. The van der Waals surface area contributed by atoms with Crippen molar-refractivity contribution in [3.63, 3.8) is 0 Å². The van der Waals surface area contributed by atoms with Crippen LogP contribution in [0, 0.1) is 23.0 Å². The summed E-state index contributed by atoms with van der Waals surface area (Å²) in [7, 11) is 0. The maximum atomic E-state index is 12.9. The smallest absolute Gasteiger partial charge is 0.282 e. The number of aromatic amines is 1. The average molecular weight is 334 g/mol. The van der Waals surface area contributed by atoms with Gasteiger partial charge in [-0.2, -0.15) is 0 Å². The number of aryl methyl sites for hydroxylation is 1. The van der Waals surface area contributed by atoms with E-state index in [2.05, 4.69) is 4.98 Å². The first-order chi connectivity index (χ1) is 10.8. The number of thioether (sulfide) groups is 1. The zero-order chi connectivity index (χ0) is 17.3. The molecule has 0 atom stereocenters. The normalized spacial score (nSPS) is 11.2. The lowest BCUT2D eigenvalue weighted by molar-refractivity contribution is -0.383. The third-order valence-corrected chi connectivity index (χ3v) is 4.30. The second kappa shape index (κ2) is 6.54. The lowest BCUT2D eigenvalue weighted by Crippen LogP contribution is -2.20. The van der Waals surface area contributed by atoms with Crippen molar-refractivity contribution >= 4 is 34.1 Å². The SMILES string of the molecule is CSc1[nH]c2c(C)ccc([N+](=O)[O-])c2c(=O)c1C(=O)CC(C)C. The number of rotatable bonds is 5. The zero-order valence-corrected chi connectivity index (χ0v) is 14.2. The molecule has 0 spiro atoms. The highest BCUT2D eigenvalue weighted by atomic mass is 32.2. The summed E-state index contributed by atoms with van der Waals surface area (Å²) in [6.07, 6.45) is 1.98. The Kier molecular flexibility index (Phi) is 4.89. The number of nitrogens with one attached hydrogen (secondary N) is 1. The van der Waals surface area contributed by atoms with Gasteiger partial charge in [-0.1, -0.05) is 19.9 Å². The molecule has 7 heteroatoms. The van der Waals surface area contributed by atoms with Crippen LogP contribution in [0.2, 0.25) is 0 Å². The van der Waals surface area contributed by atoms with Crippen LogP contribution in [0.3, 0.4) is 0 Å². The molecule has 0 unspecified atom stereocenters. The topological polar surface area (TPSA) is 93.1 Å². The molecule has 0 saturated carbocycles. The number of nitrogens with zero attached hydrogens (tertiary/aromatic N) is 1. The van der Waals surface area contributed by atoms with Crippen molar-refractivity contribution in [2.24, 2.45) is 5.92 Å². The predicted molar refractivity (Wildman–Crippen MR) is 91.5 cm³/mol. The first-order valence-corrected chi connectivity index (χ1v) is 8.41. The number of hydrogen-bond acceptors (Lipinski definition) is 5. The molecule has 1 N–H and O–H groups in total. The van der Waals surface area contributed by atoms with E-state index in [0.29, 0.717) is 10.5 Å². The number of H-pyrrole nitrogens is 1. The molecule has 1 heterocycles. The molecule has 2 aromatic rings. The number of nitro groups is 1. The molecule has 0 aliphatic carbocycles. The van der Waals surface area contributed by atoms with E-state index in [-0.39, 0.29) is 34.8 Å². The molecule has 1 aromatic heterocycles. The molecule has 0 aliphatic heterocycles. The number of pyridine rings is 1. The lowest BCUT2D eigenvalue weighted by atomic mass is 9.99. The van der Waals surface area contributed by atoms with E-state index in [0.717, 1.165) is 5.56 Å². The Hall–Kier alpha value is -2.15. The fraction of sp³-hybridized carbons (Fsp3) is 0.375. The van der Waals surface area contributed by atoms with Crippen molar-refractivity contribution < 1.29 is 9.72 Å². The summed E-state index contributed by atoms with van der Waals surface area (Å²) in [5, 5.41) is 11.7. The molecular weight excluding hydrogens is 316 g/mol. The third kappa shape index (κ3) is 3.14. The first kappa shape index (κ1) is 17.2. The molecule has 0 amide bonds. The number of benzene rings is 1. The van der Waals surface area contributed by atoms with E-state index < -0.39 is 10.4 Å². The number of carbonyl (C=O) groups excluding carboxylic acids is 1. The second-order valence-electron chi connectivity index (χ2n) is 5.79.